The van der Waals surface area contributed by atoms with Crippen LogP contribution in [0.4, 0.5) is 4.39 Å². The molecule has 0 aliphatic heterocycles. The molecule has 0 radical (unpaired) electrons. The lowest BCUT2D eigenvalue weighted by atomic mass is 9.87. The van der Waals surface area contributed by atoms with Gasteiger partial charge in [-0.1, -0.05) is 0 Å². The largest absolute Gasteiger partial charge is 0.389 e. The molecule has 2 saturated carbocycles. The van der Waals surface area contributed by atoms with Gasteiger partial charge in [0.2, 0.25) is 5.91 Å². The number of pyridine rings is 1. The van der Waals surface area contributed by atoms with Crippen LogP contribution in [-0.4, -0.2) is 27.1 Å². The average Bonchev–Trinajstić information content (AvgIpc) is 3.06. The molecule has 4 rings (SSSR count). The quantitative estimate of drug-likeness (QED) is 0.829. The number of hydrogen-bond acceptors (Lipinski definition) is 3. The minimum atomic E-state index is -0.901. The first-order chi connectivity index (χ1) is 13.1. The molecule has 0 spiro atoms. The standard InChI is InChI=1S/C23H29FN2O2/c1-22(2,3)26-21(27)13-23(28)11-15-8-14(9-16(15)12-23)18-6-7-25-20-5-4-17(24)10-19(18)20/h4-7,10,14-16,28H,8-9,11-13H2,1-3H3,(H,26,27)/t14-,15-,16+,23?. The number of benzene rings is 1. The summed E-state index contributed by atoms with van der Waals surface area (Å²) in [5, 5.41) is 14.9. The fraction of sp³-hybridized carbons (Fsp3) is 0.565. The van der Waals surface area contributed by atoms with Gasteiger partial charge in [-0.2, -0.15) is 0 Å². The van der Waals surface area contributed by atoms with Crippen molar-refractivity contribution in [3.8, 4) is 0 Å². The smallest absolute Gasteiger partial charge is 0.223 e. The normalized spacial score (nSPS) is 29.8. The van der Waals surface area contributed by atoms with Crippen molar-refractivity contribution in [3.63, 3.8) is 0 Å². The van der Waals surface area contributed by atoms with E-state index in [1.54, 1.807) is 18.3 Å². The van der Waals surface area contributed by atoms with Gasteiger partial charge in [0.1, 0.15) is 5.82 Å². The van der Waals surface area contributed by atoms with Crippen LogP contribution in [0.2, 0.25) is 0 Å². The lowest BCUT2D eigenvalue weighted by Gasteiger charge is -2.27. The first-order valence-electron chi connectivity index (χ1n) is 10.2. The second-order valence-corrected chi connectivity index (χ2v) is 9.86. The number of hydrogen-bond donors (Lipinski definition) is 2. The number of amides is 1. The Morgan fingerprint density at radius 2 is 1.93 bits per heavy atom. The van der Waals surface area contributed by atoms with E-state index in [2.05, 4.69) is 10.3 Å². The Hall–Kier alpha value is -2.01. The Morgan fingerprint density at radius 1 is 1.25 bits per heavy atom. The number of rotatable bonds is 3. The van der Waals surface area contributed by atoms with Crippen LogP contribution >= 0.6 is 0 Å². The summed E-state index contributed by atoms with van der Waals surface area (Å²) in [6.07, 6.45) is 5.27. The highest BCUT2D eigenvalue weighted by Crippen LogP contribution is 2.55. The molecule has 2 aliphatic rings. The summed E-state index contributed by atoms with van der Waals surface area (Å²) in [5.41, 5.74) is 0.798. The third-order valence-corrected chi connectivity index (χ3v) is 6.31. The van der Waals surface area contributed by atoms with Crippen molar-refractivity contribution >= 4 is 16.8 Å². The monoisotopic (exact) mass is 384 g/mol. The highest BCUT2D eigenvalue weighted by Gasteiger charge is 2.49. The predicted molar refractivity (Wildman–Crippen MR) is 107 cm³/mol. The van der Waals surface area contributed by atoms with E-state index in [0.29, 0.717) is 30.6 Å². The molecule has 2 fully saturated rings. The highest BCUT2D eigenvalue weighted by molar-refractivity contribution is 5.82. The Morgan fingerprint density at radius 3 is 2.57 bits per heavy atom. The molecule has 1 aromatic carbocycles. The van der Waals surface area contributed by atoms with Gasteiger partial charge in [-0.15, -0.1) is 0 Å². The van der Waals surface area contributed by atoms with E-state index in [4.69, 9.17) is 0 Å². The van der Waals surface area contributed by atoms with E-state index in [1.807, 2.05) is 26.8 Å². The number of carbonyl (C=O) groups is 1. The van der Waals surface area contributed by atoms with E-state index < -0.39 is 5.60 Å². The molecule has 1 unspecified atom stereocenters. The third kappa shape index (κ3) is 3.90. The zero-order valence-corrected chi connectivity index (χ0v) is 16.8. The fourth-order valence-electron chi connectivity index (χ4n) is 5.43. The molecule has 2 aliphatic carbocycles. The number of nitrogens with one attached hydrogen (secondary N) is 1. The van der Waals surface area contributed by atoms with Gasteiger partial charge in [-0.05, 0) is 94.0 Å². The maximum absolute atomic E-state index is 13.8. The number of aromatic nitrogens is 1. The Labute approximate surface area is 165 Å². The minimum Gasteiger partial charge on any atom is -0.389 e. The summed E-state index contributed by atoms with van der Waals surface area (Å²) in [6.45, 7) is 5.85. The van der Waals surface area contributed by atoms with Gasteiger partial charge in [-0.25, -0.2) is 4.39 Å². The fourth-order valence-corrected chi connectivity index (χ4v) is 5.43. The Balaban J connectivity index is 1.46. The van der Waals surface area contributed by atoms with Gasteiger partial charge < -0.3 is 10.4 Å². The van der Waals surface area contributed by atoms with Crippen molar-refractivity contribution in [2.75, 3.05) is 0 Å². The Bertz CT molecular complexity index is 891. The maximum Gasteiger partial charge on any atom is 0.223 e. The summed E-state index contributed by atoms with van der Waals surface area (Å²) in [7, 11) is 0. The number of fused-ring (bicyclic) bond motifs is 2. The number of halogens is 1. The minimum absolute atomic E-state index is 0.0814. The molecule has 1 heterocycles. The molecule has 1 amide bonds. The SMILES string of the molecule is CC(C)(C)NC(=O)CC1(O)C[C@H]2C[C@@H](c3ccnc4ccc(F)cc34)C[C@H]2C1. The van der Waals surface area contributed by atoms with Gasteiger partial charge in [0.25, 0.3) is 0 Å². The topological polar surface area (TPSA) is 62.2 Å². The second-order valence-electron chi connectivity index (χ2n) is 9.86. The molecule has 2 N–H and O–H groups in total. The van der Waals surface area contributed by atoms with Crippen molar-refractivity contribution in [1.29, 1.82) is 0 Å². The van der Waals surface area contributed by atoms with Crippen molar-refractivity contribution in [1.82, 2.24) is 10.3 Å². The van der Waals surface area contributed by atoms with E-state index in [-0.39, 0.29) is 23.7 Å². The second kappa shape index (κ2) is 6.80. The molecule has 1 aromatic heterocycles. The first-order valence-corrected chi connectivity index (χ1v) is 10.2. The summed E-state index contributed by atoms with van der Waals surface area (Å²) >= 11 is 0. The van der Waals surface area contributed by atoms with E-state index in [1.165, 1.54) is 6.07 Å². The maximum atomic E-state index is 13.8. The molecule has 2 aromatic rings. The van der Waals surface area contributed by atoms with Crippen LogP contribution < -0.4 is 5.32 Å². The zero-order valence-electron chi connectivity index (χ0n) is 16.8. The number of carbonyl (C=O) groups excluding carboxylic acids is 1. The lowest BCUT2D eigenvalue weighted by Crippen LogP contribution is -2.44. The highest BCUT2D eigenvalue weighted by atomic mass is 19.1. The van der Waals surface area contributed by atoms with Crippen LogP contribution in [0.5, 0.6) is 0 Å². The molecule has 0 bridgehead atoms. The Kier molecular flexibility index (Phi) is 4.69. The first kappa shape index (κ1) is 19.3. The molecule has 4 atom stereocenters. The third-order valence-electron chi connectivity index (χ3n) is 6.31. The van der Waals surface area contributed by atoms with Crippen LogP contribution in [0.3, 0.4) is 0 Å². The van der Waals surface area contributed by atoms with Crippen molar-refractivity contribution in [2.24, 2.45) is 11.8 Å². The van der Waals surface area contributed by atoms with Crippen LogP contribution in [0.25, 0.3) is 10.9 Å². The summed E-state index contributed by atoms with van der Waals surface area (Å²) in [6, 6.07) is 6.77. The molecular formula is C23H29FN2O2. The van der Waals surface area contributed by atoms with Gasteiger partial charge in [0.05, 0.1) is 17.5 Å². The van der Waals surface area contributed by atoms with Crippen LogP contribution in [0.15, 0.2) is 30.5 Å². The molecule has 150 valence electrons. The summed E-state index contributed by atoms with van der Waals surface area (Å²) in [5.74, 6) is 0.861. The molecular weight excluding hydrogens is 355 g/mol. The lowest BCUT2D eigenvalue weighted by molar-refractivity contribution is -0.127. The zero-order chi connectivity index (χ0) is 20.1. The van der Waals surface area contributed by atoms with Gasteiger partial charge in [-0.3, -0.25) is 9.78 Å². The number of aliphatic hydroxyl groups is 1. The average molecular weight is 384 g/mol. The number of nitrogens with zero attached hydrogens (tertiary/aromatic N) is 1. The van der Waals surface area contributed by atoms with E-state index >= 15 is 0 Å². The predicted octanol–water partition coefficient (Wildman–Crippen LogP) is 4.31. The molecule has 0 saturated heterocycles. The van der Waals surface area contributed by atoms with Crippen LogP contribution in [-0.2, 0) is 4.79 Å². The van der Waals surface area contributed by atoms with Gasteiger partial charge in [0, 0.05) is 17.1 Å². The van der Waals surface area contributed by atoms with E-state index in [0.717, 1.165) is 29.3 Å². The van der Waals surface area contributed by atoms with Gasteiger partial charge >= 0.3 is 0 Å². The summed E-state index contributed by atoms with van der Waals surface area (Å²) < 4.78 is 13.8. The summed E-state index contributed by atoms with van der Waals surface area (Å²) in [4.78, 5) is 16.7. The molecule has 5 heteroatoms. The van der Waals surface area contributed by atoms with Crippen molar-refractivity contribution in [2.45, 2.75) is 69.9 Å². The van der Waals surface area contributed by atoms with Gasteiger partial charge in [0.15, 0.2) is 0 Å². The van der Waals surface area contributed by atoms with Crippen LogP contribution in [0.1, 0.15) is 64.4 Å². The van der Waals surface area contributed by atoms with Crippen molar-refractivity contribution in [3.05, 3.63) is 41.8 Å². The van der Waals surface area contributed by atoms with Crippen molar-refractivity contribution < 1.29 is 14.3 Å². The van der Waals surface area contributed by atoms with E-state index in [9.17, 15) is 14.3 Å². The molecule has 28 heavy (non-hydrogen) atoms. The van der Waals surface area contributed by atoms with Crippen LogP contribution in [0, 0.1) is 17.7 Å². The molecule has 4 nitrogen and oxygen atoms in total.